The van der Waals surface area contributed by atoms with Gasteiger partial charge in [0.2, 0.25) is 11.8 Å². The summed E-state index contributed by atoms with van der Waals surface area (Å²) in [6.45, 7) is 1.32. The van der Waals surface area contributed by atoms with Gasteiger partial charge in [-0.05, 0) is 24.3 Å². The van der Waals surface area contributed by atoms with Crippen molar-refractivity contribution < 1.29 is 19.1 Å². The Kier molecular flexibility index (Phi) is 4.77. The van der Waals surface area contributed by atoms with Crippen molar-refractivity contribution in [2.45, 2.75) is 6.42 Å². The summed E-state index contributed by atoms with van der Waals surface area (Å²) in [6.07, 6.45) is 1.78. The third-order valence-corrected chi connectivity index (χ3v) is 4.81. The van der Waals surface area contributed by atoms with Gasteiger partial charge < -0.3 is 24.6 Å². The average molecular weight is 382 g/mol. The number of hydrogen-bond acceptors (Lipinski definition) is 6. The van der Waals surface area contributed by atoms with Crippen LogP contribution in [0.4, 0.5) is 17.2 Å². The summed E-state index contributed by atoms with van der Waals surface area (Å²) < 4.78 is 11.1. The molecule has 1 fully saturated rings. The molecular weight excluding hydrogens is 360 g/mol. The van der Waals surface area contributed by atoms with E-state index in [9.17, 15) is 9.59 Å². The van der Waals surface area contributed by atoms with E-state index >= 15 is 0 Å². The van der Waals surface area contributed by atoms with E-state index in [-0.39, 0.29) is 18.2 Å². The maximum Gasteiger partial charge on any atom is 0.229 e. The summed E-state index contributed by atoms with van der Waals surface area (Å²) in [7, 11) is 3.80. The van der Waals surface area contributed by atoms with Crippen molar-refractivity contribution in [1.29, 1.82) is 0 Å². The SMILES string of the molecule is CN(C)c1ccc(NC(=O)[C@H]2CC(=O)N(c3ccc4c(c3)OCCO4)C2)cn1. The number of amides is 2. The molecule has 0 radical (unpaired) electrons. The van der Waals surface area contributed by atoms with Crippen molar-refractivity contribution in [3.05, 3.63) is 36.5 Å². The molecular formula is C20H22N4O4. The van der Waals surface area contributed by atoms with Gasteiger partial charge in [-0.25, -0.2) is 4.98 Å². The molecule has 1 N–H and O–H groups in total. The van der Waals surface area contributed by atoms with Crippen LogP contribution in [-0.2, 0) is 9.59 Å². The van der Waals surface area contributed by atoms with Crippen LogP contribution in [0.1, 0.15) is 6.42 Å². The van der Waals surface area contributed by atoms with Crippen molar-refractivity contribution in [3.63, 3.8) is 0 Å². The van der Waals surface area contributed by atoms with E-state index in [1.54, 1.807) is 29.3 Å². The molecule has 1 aromatic heterocycles. The first kappa shape index (κ1) is 18.1. The lowest BCUT2D eigenvalue weighted by molar-refractivity contribution is -0.122. The van der Waals surface area contributed by atoms with Crippen LogP contribution in [0.3, 0.4) is 0 Å². The quantitative estimate of drug-likeness (QED) is 0.870. The summed E-state index contributed by atoms with van der Waals surface area (Å²) in [5.41, 5.74) is 1.32. The standard InChI is InChI=1S/C20H22N4O4/c1-23(2)18-6-3-14(11-21-18)22-20(26)13-9-19(25)24(12-13)15-4-5-16-17(10-15)28-8-7-27-16/h3-6,10-11,13H,7-9,12H2,1-2H3,(H,22,26)/t13-/m0/s1. The first-order valence-corrected chi connectivity index (χ1v) is 9.15. The molecule has 0 unspecified atom stereocenters. The number of nitrogens with zero attached hydrogens (tertiary/aromatic N) is 3. The predicted octanol–water partition coefficient (Wildman–Crippen LogP) is 1.91. The highest BCUT2D eigenvalue weighted by molar-refractivity contribution is 6.03. The highest BCUT2D eigenvalue weighted by Gasteiger charge is 2.35. The molecule has 3 heterocycles. The molecule has 4 rings (SSSR count). The monoisotopic (exact) mass is 382 g/mol. The van der Waals surface area contributed by atoms with E-state index in [0.717, 1.165) is 5.82 Å². The van der Waals surface area contributed by atoms with Crippen LogP contribution in [0.25, 0.3) is 0 Å². The fraction of sp³-hybridized carbons (Fsp3) is 0.350. The first-order valence-electron chi connectivity index (χ1n) is 9.15. The summed E-state index contributed by atoms with van der Waals surface area (Å²) in [6, 6.07) is 9.03. The Labute approximate surface area is 163 Å². The Balaban J connectivity index is 1.43. The van der Waals surface area contributed by atoms with Crippen LogP contribution in [0.15, 0.2) is 36.5 Å². The van der Waals surface area contributed by atoms with E-state index in [1.807, 2.05) is 31.1 Å². The van der Waals surface area contributed by atoms with Gasteiger partial charge in [0.25, 0.3) is 0 Å². The molecule has 28 heavy (non-hydrogen) atoms. The van der Waals surface area contributed by atoms with Gasteiger partial charge in [0, 0.05) is 38.8 Å². The van der Waals surface area contributed by atoms with Crippen molar-refractivity contribution in [2.24, 2.45) is 5.92 Å². The molecule has 0 saturated carbocycles. The number of hydrogen-bond donors (Lipinski definition) is 1. The summed E-state index contributed by atoms with van der Waals surface area (Å²) in [5.74, 6) is 1.40. The fourth-order valence-corrected chi connectivity index (χ4v) is 3.30. The maximum atomic E-state index is 12.6. The minimum atomic E-state index is -0.422. The van der Waals surface area contributed by atoms with Crippen molar-refractivity contribution in [3.8, 4) is 11.5 Å². The second kappa shape index (κ2) is 7.38. The number of pyridine rings is 1. The molecule has 2 aliphatic rings. The molecule has 146 valence electrons. The topological polar surface area (TPSA) is 84.0 Å². The lowest BCUT2D eigenvalue weighted by Gasteiger charge is -2.22. The van der Waals surface area contributed by atoms with E-state index in [2.05, 4.69) is 10.3 Å². The second-order valence-electron chi connectivity index (χ2n) is 7.02. The van der Waals surface area contributed by atoms with Gasteiger partial charge in [0.15, 0.2) is 11.5 Å². The summed E-state index contributed by atoms with van der Waals surface area (Å²) >= 11 is 0. The Bertz CT molecular complexity index is 898. The Morgan fingerprint density at radius 2 is 1.96 bits per heavy atom. The zero-order valence-corrected chi connectivity index (χ0v) is 15.8. The molecule has 1 aromatic carbocycles. The van der Waals surface area contributed by atoms with E-state index < -0.39 is 5.92 Å². The van der Waals surface area contributed by atoms with Crippen molar-refractivity contribution >= 4 is 29.0 Å². The number of ether oxygens (including phenoxy) is 2. The minimum Gasteiger partial charge on any atom is -0.486 e. The van der Waals surface area contributed by atoms with Crippen molar-refractivity contribution in [1.82, 2.24) is 4.98 Å². The second-order valence-corrected chi connectivity index (χ2v) is 7.02. The van der Waals surface area contributed by atoms with Crippen LogP contribution in [-0.4, -0.2) is 50.7 Å². The molecule has 8 heteroatoms. The van der Waals surface area contributed by atoms with Gasteiger partial charge in [0.1, 0.15) is 19.0 Å². The van der Waals surface area contributed by atoms with Crippen molar-refractivity contribution in [2.75, 3.05) is 49.0 Å². The van der Waals surface area contributed by atoms with Gasteiger partial charge in [-0.3, -0.25) is 9.59 Å². The Morgan fingerprint density at radius 1 is 1.18 bits per heavy atom. The summed E-state index contributed by atoms with van der Waals surface area (Å²) in [5, 5.41) is 2.85. The molecule has 2 aromatic rings. The smallest absolute Gasteiger partial charge is 0.229 e. The predicted molar refractivity (Wildman–Crippen MR) is 105 cm³/mol. The van der Waals surface area contributed by atoms with Gasteiger partial charge in [-0.2, -0.15) is 0 Å². The summed E-state index contributed by atoms with van der Waals surface area (Å²) in [4.78, 5) is 32.9. The fourth-order valence-electron chi connectivity index (χ4n) is 3.30. The maximum absolute atomic E-state index is 12.6. The normalized spacial score (nSPS) is 18.1. The number of carbonyl (C=O) groups excluding carboxylic acids is 2. The van der Waals surface area contributed by atoms with Gasteiger partial charge in [-0.15, -0.1) is 0 Å². The number of anilines is 3. The lowest BCUT2D eigenvalue weighted by atomic mass is 10.1. The third-order valence-electron chi connectivity index (χ3n) is 4.81. The van der Waals surface area contributed by atoms with Crippen LogP contribution in [0.5, 0.6) is 11.5 Å². The molecule has 2 aliphatic heterocycles. The number of aromatic nitrogens is 1. The van der Waals surface area contributed by atoms with E-state index in [4.69, 9.17) is 9.47 Å². The molecule has 1 saturated heterocycles. The third kappa shape index (κ3) is 3.58. The van der Waals surface area contributed by atoms with Crippen LogP contribution in [0.2, 0.25) is 0 Å². The number of benzene rings is 1. The molecule has 1 atom stereocenters. The highest BCUT2D eigenvalue weighted by Crippen LogP contribution is 2.36. The van der Waals surface area contributed by atoms with Gasteiger partial charge >= 0.3 is 0 Å². The number of rotatable bonds is 4. The molecule has 0 aliphatic carbocycles. The zero-order valence-electron chi connectivity index (χ0n) is 15.8. The molecule has 0 spiro atoms. The van der Waals surface area contributed by atoms with Crippen LogP contribution in [0, 0.1) is 5.92 Å². The zero-order chi connectivity index (χ0) is 19.7. The molecule has 2 amide bonds. The minimum absolute atomic E-state index is 0.0853. The number of nitrogens with one attached hydrogen (secondary N) is 1. The largest absolute Gasteiger partial charge is 0.486 e. The Hall–Kier alpha value is -3.29. The van der Waals surface area contributed by atoms with Gasteiger partial charge in [-0.1, -0.05) is 0 Å². The molecule has 8 nitrogen and oxygen atoms in total. The van der Waals surface area contributed by atoms with Crippen LogP contribution < -0.4 is 24.6 Å². The lowest BCUT2D eigenvalue weighted by Crippen LogP contribution is -2.28. The average Bonchev–Trinajstić information content (AvgIpc) is 3.10. The number of carbonyl (C=O) groups is 2. The van der Waals surface area contributed by atoms with Crippen LogP contribution >= 0.6 is 0 Å². The Morgan fingerprint density at radius 3 is 2.68 bits per heavy atom. The van der Waals surface area contributed by atoms with E-state index in [1.165, 1.54) is 0 Å². The number of fused-ring (bicyclic) bond motifs is 1. The first-order chi connectivity index (χ1) is 13.5. The van der Waals surface area contributed by atoms with E-state index in [0.29, 0.717) is 42.6 Å². The molecule has 0 bridgehead atoms. The van der Waals surface area contributed by atoms with Gasteiger partial charge in [0.05, 0.1) is 17.8 Å². The highest BCUT2D eigenvalue weighted by atomic mass is 16.6.